The maximum absolute atomic E-state index is 12.4. The molecule has 24 heavy (non-hydrogen) atoms. The highest BCUT2D eigenvalue weighted by molar-refractivity contribution is 6.42. The molecule has 4 N–H and O–H groups in total. The largest absolute Gasteiger partial charge is 0.508 e. The van der Waals surface area contributed by atoms with Gasteiger partial charge in [0.1, 0.15) is 5.75 Å². The third-order valence-corrected chi connectivity index (χ3v) is 5.92. The first-order chi connectivity index (χ1) is 11.3. The zero-order valence-electron chi connectivity index (χ0n) is 12.8. The van der Waals surface area contributed by atoms with Crippen molar-refractivity contribution in [3.8, 4) is 5.75 Å². The summed E-state index contributed by atoms with van der Waals surface area (Å²) < 4.78 is 0. The van der Waals surface area contributed by atoms with Crippen molar-refractivity contribution in [2.45, 2.75) is 24.8 Å². The Morgan fingerprint density at radius 1 is 1.38 bits per heavy atom. The number of carbonyl (C=O) groups excluding carboxylic acids is 1. The van der Waals surface area contributed by atoms with Gasteiger partial charge in [0.25, 0.3) is 0 Å². The van der Waals surface area contributed by atoms with Gasteiger partial charge in [0.15, 0.2) is 0 Å². The van der Waals surface area contributed by atoms with Crippen LogP contribution in [0, 0.1) is 11.8 Å². The summed E-state index contributed by atoms with van der Waals surface area (Å²) in [6.07, 6.45) is 0.857. The summed E-state index contributed by atoms with van der Waals surface area (Å²) in [4.78, 5) is 25.9. The van der Waals surface area contributed by atoms with E-state index in [0.29, 0.717) is 24.9 Å². The predicted molar refractivity (Wildman–Crippen MR) is 89.3 cm³/mol. The highest BCUT2D eigenvalue weighted by atomic mass is 35.5. The van der Waals surface area contributed by atoms with E-state index in [2.05, 4.69) is 0 Å². The van der Waals surface area contributed by atoms with Gasteiger partial charge in [-0.1, -0.05) is 23.2 Å². The molecule has 6 nitrogen and oxygen atoms in total. The fourth-order valence-corrected chi connectivity index (χ4v) is 4.43. The Hall–Kier alpha value is -1.50. The van der Waals surface area contributed by atoms with Crippen LogP contribution in [0.2, 0.25) is 10.0 Å². The van der Waals surface area contributed by atoms with Crippen molar-refractivity contribution in [3.05, 3.63) is 27.7 Å². The number of phenolic OH excluding ortho intramolecular Hbond substituents is 1. The number of hydrogen-bond acceptors (Lipinski definition) is 4. The molecule has 2 aliphatic heterocycles. The summed E-state index contributed by atoms with van der Waals surface area (Å²) in [5, 5.41) is 20.3. The molecule has 0 aliphatic carbocycles. The Morgan fingerprint density at radius 3 is 2.71 bits per heavy atom. The number of halogens is 2. The van der Waals surface area contributed by atoms with Crippen LogP contribution in [0.25, 0.3) is 0 Å². The number of nitrogens with zero attached hydrogens (tertiary/aromatic N) is 1. The number of hydrogen-bond donors (Lipinski definition) is 3. The number of nitrogens with two attached hydrogens (primary N) is 1. The van der Waals surface area contributed by atoms with E-state index in [1.807, 2.05) is 0 Å². The molecular weight excluding hydrogens is 355 g/mol. The number of fused-ring (bicyclic) bond motifs is 1. The molecule has 0 radical (unpaired) electrons. The van der Waals surface area contributed by atoms with Gasteiger partial charge in [0.05, 0.1) is 16.0 Å². The van der Waals surface area contributed by atoms with Crippen molar-refractivity contribution in [2.75, 3.05) is 13.1 Å². The van der Waals surface area contributed by atoms with Crippen LogP contribution in [0.15, 0.2) is 12.1 Å². The number of carbonyl (C=O) groups is 2. The lowest BCUT2D eigenvalue weighted by molar-refractivity contribution is -0.145. The predicted octanol–water partition coefficient (Wildman–Crippen LogP) is 2.06. The number of aliphatic carboxylic acids is 1. The number of carboxylic acids is 1. The Kier molecular flexibility index (Phi) is 4.64. The van der Waals surface area contributed by atoms with Crippen molar-refractivity contribution in [1.29, 1.82) is 0 Å². The number of amides is 1. The first-order valence-electron chi connectivity index (χ1n) is 7.74. The van der Waals surface area contributed by atoms with Crippen LogP contribution in [0.3, 0.4) is 0 Å². The Bertz CT molecular complexity index is 697. The first-order valence-corrected chi connectivity index (χ1v) is 8.50. The van der Waals surface area contributed by atoms with E-state index in [1.165, 1.54) is 12.1 Å². The number of aromatic hydroxyl groups is 1. The molecular formula is C16H18Cl2N2O4. The Morgan fingerprint density at radius 2 is 2.08 bits per heavy atom. The lowest BCUT2D eigenvalue weighted by atomic mass is 9.80. The molecule has 0 saturated carbocycles. The third kappa shape index (κ3) is 2.72. The molecule has 1 amide bonds. The minimum absolute atomic E-state index is 0.0252. The fourth-order valence-electron chi connectivity index (χ4n) is 3.97. The SMILES string of the molecule is NCC1CC(=O)N2C[C@@H](c3c(O)ccc(Cl)c3Cl)C(C(=O)O)[C@H]2C1. The van der Waals surface area contributed by atoms with E-state index in [1.54, 1.807) is 4.90 Å². The van der Waals surface area contributed by atoms with Crippen molar-refractivity contribution in [2.24, 2.45) is 17.6 Å². The minimum Gasteiger partial charge on any atom is -0.508 e. The average molecular weight is 373 g/mol. The highest BCUT2D eigenvalue weighted by Gasteiger charge is 2.52. The van der Waals surface area contributed by atoms with Crippen LogP contribution in [0.5, 0.6) is 5.75 Å². The van der Waals surface area contributed by atoms with Crippen LogP contribution in [0.1, 0.15) is 24.3 Å². The molecule has 3 rings (SSSR count). The summed E-state index contributed by atoms with van der Waals surface area (Å²) in [6, 6.07) is 2.40. The van der Waals surface area contributed by atoms with Crippen molar-refractivity contribution < 1.29 is 19.8 Å². The van der Waals surface area contributed by atoms with Crippen molar-refractivity contribution in [1.82, 2.24) is 4.90 Å². The van der Waals surface area contributed by atoms with Gasteiger partial charge in [0.2, 0.25) is 5.91 Å². The van der Waals surface area contributed by atoms with Crippen LogP contribution in [-0.2, 0) is 9.59 Å². The molecule has 0 spiro atoms. The molecule has 4 atom stereocenters. The summed E-state index contributed by atoms with van der Waals surface area (Å²) in [5.41, 5.74) is 5.98. The van der Waals surface area contributed by atoms with Crippen LogP contribution in [0.4, 0.5) is 0 Å². The van der Waals surface area contributed by atoms with E-state index < -0.39 is 23.8 Å². The maximum Gasteiger partial charge on any atom is 0.309 e. The zero-order chi connectivity index (χ0) is 17.6. The molecule has 0 bridgehead atoms. The van der Waals surface area contributed by atoms with Crippen molar-refractivity contribution in [3.63, 3.8) is 0 Å². The second-order valence-corrected chi connectivity index (χ2v) is 7.20. The maximum atomic E-state index is 12.4. The number of carboxylic acid groups (broad SMARTS) is 1. The van der Waals surface area contributed by atoms with Gasteiger partial charge >= 0.3 is 5.97 Å². The topological polar surface area (TPSA) is 104 Å². The molecule has 2 saturated heterocycles. The van der Waals surface area contributed by atoms with Crippen molar-refractivity contribution >= 4 is 35.1 Å². The van der Waals surface area contributed by atoms with Gasteiger partial charge in [-0.05, 0) is 31.0 Å². The quantitative estimate of drug-likeness (QED) is 0.753. The molecule has 2 fully saturated rings. The van der Waals surface area contributed by atoms with E-state index in [0.717, 1.165) is 0 Å². The van der Waals surface area contributed by atoms with Gasteiger partial charge in [-0.3, -0.25) is 9.59 Å². The van der Waals surface area contributed by atoms with Gasteiger partial charge < -0.3 is 20.8 Å². The third-order valence-electron chi connectivity index (χ3n) is 5.10. The molecule has 2 aliphatic rings. The molecule has 1 aromatic carbocycles. The number of benzene rings is 1. The standard InChI is InChI=1S/C16H18Cl2N2O4/c17-9-1-2-11(21)14(15(9)18)8-6-20-10(13(8)16(23)24)3-7(5-19)4-12(20)22/h1-2,7-8,10,13,21H,3-6,19H2,(H,23,24)/t7?,8-,10-,13?/m1/s1. The summed E-state index contributed by atoms with van der Waals surface area (Å²) in [5.74, 6) is -2.73. The van der Waals surface area contributed by atoms with Crippen LogP contribution in [-0.4, -0.2) is 46.1 Å². The fraction of sp³-hybridized carbons (Fsp3) is 0.500. The Labute approximate surface area is 149 Å². The molecule has 8 heteroatoms. The number of rotatable bonds is 3. The molecule has 0 aromatic heterocycles. The number of piperidine rings is 1. The summed E-state index contributed by atoms with van der Waals surface area (Å²) in [6.45, 7) is 0.543. The van der Waals surface area contributed by atoms with E-state index in [9.17, 15) is 19.8 Å². The molecule has 1 aromatic rings. The molecule has 2 heterocycles. The second kappa shape index (κ2) is 6.43. The highest BCUT2D eigenvalue weighted by Crippen LogP contribution is 2.48. The summed E-state index contributed by atoms with van der Waals surface area (Å²) in [7, 11) is 0. The molecule has 130 valence electrons. The second-order valence-electron chi connectivity index (χ2n) is 6.42. The lowest BCUT2D eigenvalue weighted by Crippen LogP contribution is -2.47. The van der Waals surface area contributed by atoms with E-state index in [-0.39, 0.29) is 34.2 Å². The van der Waals surface area contributed by atoms with Crippen LogP contribution < -0.4 is 5.73 Å². The first kappa shape index (κ1) is 17.3. The van der Waals surface area contributed by atoms with Gasteiger partial charge in [-0.2, -0.15) is 0 Å². The Balaban J connectivity index is 2.05. The smallest absolute Gasteiger partial charge is 0.309 e. The monoisotopic (exact) mass is 372 g/mol. The molecule has 2 unspecified atom stereocenters. The zero-order valence-corrected chi connectivity index (χ0v) is 14.3. The minimum atomic E-state index is -1.02. The summed E-state index contributed by atoms with van der Waals surface area (Å²) >= 11 is 12.3. The average Bonchev–Trinajstić information content (AvgIpc) is 2.91. The van der Waals surface area contributed by atoms with Crippen LogP contribution >= 0.6 is 23.2 Å². The van der Waals surface area contributed by atoms with E-state index >= 15 is 0 Å². The van der Waals surface area contributed by atoms with Gasteiger partial charge in [-0.25, -0.2) is 0 Å². The normalized spacial score (nSPS) is 29.6. The van der Waals surface area contributed by atoms with Gasteiger partial charge in [0, 0.05) is 30.5 Å². The van der Waals surface area contributed by atoms with Gasteiger partial charge in [-0.15, -0.1) is 0 Å². The number of phenols is 1. The lowest BCUT2D eigenvalue weighted by Gasteiger charge is -2.35. The van der Waals surface area contributed by atoms with E-state index in [4.69, 9.17) is 28.9 Å².